The topological polar surface area (TPSA) is 76.0 Å². The van der Waals surface area contributed by atoms with Crippen LogP contribution in [-0.2, 0) is 0 Å². The predicted molar refractivity (Wildman–Crippen MR) is 71.4 cm³/mol. The van der Waals surface area contributed by atoms with Gasteiger partial charge in [0.25, 0.3) is 0 Å². The Hall–Kier alpha value is -1.95. The zero-order valence-corrected chi connectivity index (χ0v) is 11.4. The molecule has 0 atom stereocenters. The van der Waals surface area contributed by atoms with Crippen LogP contribution in [0.4, 0.5) is 0 Å². The molecule has 0 radical (unpaired) electrons. The summed E-state index contributed by atoms with van der Waals surface area (Å²) >= 11 is 1.33. The van der Waals surface area contributed by atoms with Gasteiger partial charge in [-0.15, -0.1) is 0 Å². The number of hydrogen-bond donors (Lipinski definition) is 1. The monoisotopic (exact) mass is 275 g/mol. The minimum Gasteiger partial charge on any atom is -0.478 e. The Morgan fingerprint density at radius 3 is 2.68 bits per heavy atom. The molecule has 0 aliphatic rings. The van der Waals surface area contributed by atoms with Crippen molar-refractivity contribution in [1.29, 1.82) is 0 Å². The lowest BCUT2D eigenvalue weighted by Gasteiger charge is -2.08. The van der Waals surface area contributed by atoms with E-state index < -0.39 is 5.97 Å². The Labute approximate surface area is 115 Å². The van der Waals surface area contributed by atoms with E-state index in [0.29, 0.717) is 5.03 Å². The van der Waals surface area contributed by atoms with E-state index in [0.717, 1.165) is 10.7 Å². The molecule has 0 aromatic carbocycles. The van der Waals surface area contributed by atoms with Crippen molar-refractivity contribution in [3.8, 4) is 0 Å². The number of carboxylic acid groups (broad SMARTS) is 1. The van der Waals surface area contributed by atoms with Gasteiger partial charge in [0.15, 0.2) is 0 Å². The van der Waals surface area contributed by atoms with Crippen molar-refractivity contribution in [3.63, 3.8) is 0 Å². The van der Waals surface area contributed by atoms with Gasteiger partial charge in [0, 0.05) is 11.9 Å². The molecule has 0 saturated heterocycles. The largest absolute Gasteiger partial charge is 0.478 e. The fraction of sp³-hybridized carbons (Fsp3) is 0.231. The highest BCUT2D eigenvalue weighted by atomic mass is 32.2. The Bertz CT molecular complexity index is 588. The van der Waals surface area contributed by atoms with E-state index in [1.807, 2.05) is 13.8 Å². The highest BCUT2D eigenvalue weighted by Crippen LogP contribution is 2.26. The number of hydrogen-bond acceptors (Lipinski definition) is 5. The summed E-state index contributed by atoms with van der Waals surface area (Å²) in [5.74, 6) is -0.780. The van der Waals surface area contributed by atoms with Gasteiger partial charge in [0.2, 0.25) is 0 Å². The molecule has 0 saturated carbocycles. The van der Waals surface area contributed by atoms with Crippen LogP contribution in [0.25, 0.3) is 0 Å². The van der Waals surface area contributed by atoms with Crippen molar-refractivity contribution in [1.82, 2.24) is 15.0 Å². The summed E-state index contributed by atoms with van der Waals surface area (Å²) < 4.78 is 0. The summed E-state index contributed by atoms with van der Waals surface area (Å²) in [6.45, 7) is 3.96. The summed E-state index contributed by atoms with van der Waals surface area (Å²) in [7, 11) is 0. The molecule has 0 aliphatic heterocycles. The third-order valence-corrected chi connectivity index (χ3v) is 3.29. The first-order valence-electron chi connectivity index (χ1n) is 5.75. The minimum atomic E-state index is -0.950. The lowest BCUT2D eigenvalue weighted by atomic mass is 10.1. The van der Waals surface area contributed by atoms with Crippen LogP contribution in [0, 0.1) is 0 Å². The lowest BCUT2D eigenvalue weighted by molar-refractivity contribution is 0.0696. The molecule has 6 heteroatoms. The molecule has 0 unspecified atom stereocenters. The molecular formula is C13H13N3O2S. The molecule has 2 heterocycles. The van der Waals surface area contributed by atoms with Crippen LogP contribution in [0.15, 0.2) is 40.8 Å². The average molecular weight is 275 g/mol. The van der Waals surface area contributed by atoms with Gasteiger partial charge in [0.1, 0.15) is 16.4 Å². The Morgan fingerprint density at radius 2 is 2.11 bits per heavy atom. The van der Waals surface area contributed by atoms with E-state index in [1.165, 1.54) is 18.1 Å². The van der Waals surface area contributed by atoms with E-state index in [2.05, 4.69) is 15.0 Å². The molecule has 0 spiro atoms. The van der Waals surface area contributed by atoms with Crippen LogP contribution in [0.5, 0.6) is 0 Å². The first-order chi connectivity index (χ1) is 9.06. The maximum atomic E-state index is 11.1. The molecule has 19 heavy (non-hydrogen) atoms. The highest BCUT2D eigenvalue weighted by molar-refractivity contribution is 7.99. The Morgan fingerprint density at radius 1 is 1.32 bits per heavy atom. The van der Waals surface area contributed by atoms with Gasteiger partial charge in [-0.25, -0.2) is 19.7 Å². The fourth-order valence-corrected chi connectivity index (χ4v) is 2.22. The van der Waals surface area contributed by atoms with E-state index >= 15 is 0 Å². The lowest BCUT2D eigenvalue weighted by Crippen LogP contribution is -2.02. The smallest absolute Gasteiger partial charge is 0.335 e. The second kappa shape index (κ2) is 5.79. The van der Waals surface area contributed by atoms with Crippen LogP contribution in [0.3, 0.4) is 0 Å². The van der Waals surface area contributed by atoms with Crippen LogP contribution in [0.1, 0.15) is 35.8 Å². The van der Waals surface area contributed by atoms with Crippen LogP contribution < -0.4 is 0 Å². The number of carbonyl (C=O) groups is 1. The molecular weight excluding hydrogens is 262 g/mol. The van der Waals surface area contributed by atoms with Gasteiger partial charge in [0.05, 0.1) is 5.56 Å². The number of aromatic nitrogens is 3. The maximum Gasteiger partial charge on any atom is 0.335 e. The summed E-state index contributed by atoms with van der Waals surface area (Å²) in [4.78, 5) is 23.5. The van der Waals surface area contributed by atoms with Gasteiger partial charge in [-0.2, -0.15) is 0 Å². The third kappa shape index (κ3) is 3.51. The molecule has 0 aliphatic carbocycles. The average Bonchev–Trinajstić information content (AvgIpc) is 2.39. The van der Waals surface area contributed by atoms with Crippen molar-refractivity contribution in [2.45, 2.75) is 29.8 Å². The molecule has 0 bridgehead atoms. The second-order valence-corrected chi connectivity index (χ2v) is 5.27. The Balaban J connectivity index is 2.36. The molecule has 0 amide bonds. The predicted octanol–water partition coefficient (Wildman–Crippen LogP) is 2.84. The van der Waals surface area contributed by atoms with Crippen LogP contribution in [0.2, 0.25) is 0 Å². The van der Waals surface area contributed by atoms with E-state index in [4.69, 9.17) is 5.11 Å². The van der Waals surface area contributed by atoms with Gasteiger partial charge < -0.3 is 5.11 Å². The molecule has 5 nitrogen and oxygen atoms in total. The molecule has 2 aromatic rings. The summed E-state index contributed by atoms with van der Waals surface area (Å²) in [6, 6.07) is 4.92. The van der Waals surface area contributed by atoms with Gasteiger partial charge in [-0.3, -0.25) is 0 Å². The SMILES string of the molecule is CC(C)c1cc(C(=O)O)cc(Sc2ccncn2)n1. The van der Waals surface area contributed by atoms with E-state index in [9.17, 15) is 4.79 Å². The maximum absolute atomic E-state index is 11.1. The second-order valence-electron chi connectivity index (χ2n) is 4.23. The molecule has 2 aromatic heterocycles. The number of pyridine rings is 1. The van der Waals surface area contributed by atoms with Crippen molar-refractivity contribution in [2.75, 3.05) is 0 Å². The molecule has 98 valence electrons. The first kappa shape index (κ1) is 13.5. The summed E-state index contributed by atoms with van der Waals surface area (Å²) in [6.07, 6.45) is 3.09. The van der Waals surface area contributed by atoms with E-state index in [1.54, 1.807) is 24.4 Å². The van der Waals surface area contributed by atoms with Crippen LogP contribution in [-0.4, -0.2) is 26.0 Å². The summed E-state index contributed by atoms with van der Waals surface area (Å²) in [5, 5.41) is 10.5. The fourth-order valence-electron chi connectivity index (χ4n) is 1.44. The van der Waals surface area contributed by atoms with Gasteiger partial charge >= 0.3 is 5.97 Å². The van der Waals surface area contributed by atoms with Crippen LogP contribution >= 0.6 is 11.8 Å². The summed E-state index contributed by atoms with van der Waals surface area (Å²) in [5.41, 5.74) is 1.01. The number of nitrogens with zero attached hydrogens (tertiary/aromatic N) is 3. The zero-order chi connectivity index (χ0) is 13.8. The third-order valence-electron chi connectivity index (χ3n) is 2.42. The zero-order valence-electron chi connectivity index (χ0n) is 10.6. The van der Waals surface area contributed by atoms with Gasteiger partial charge in [-0.1, -0.05) is 13.8 Å². The van der Waals surface area contributed by atoms with Crippen molar-refractivity contribution in [3.05, 3.63) is 42.0 Å². The van der Waals surface area contributed by atoms with Crippen molar-refractivity contribution < 1.29 is 9.90 Å². The highest BCUT2D eigenvalue weighted by Gasteiger charge is 2.12. The van der Waals surface area contributed by atoms with Gasteiger partial charge in [-0.05, 0) is 35.9 Å². The normalized spacial score (nSPS) is 10.7. The van der Waals surface area contributed by atoms with Crippen molar-refractivity contribution >= 4 is 17.7 Å². The molecule has 2 rings (SSSR count). The first-order valence-corrected chi connectivity index (χ1v) is 6.57. The van der Waals surface area contributed by atoms with Crippen molar-refractivity contribution in [2.24, 2.45) is 0 Å². The molecule has 1 N–H and O–H groups in total. The quantitative estimate of drug-likeness (QED) is 0.865. The number of aromatic carboxylic acids is 1. The number of carboxylic acids is 1. The Kier molecular flexibility index (Phi) is 4.11. The number of rotatable bonds is 4. The minimum absolute atomic E-state index is 0.170. The van der Waals surface area contributed by atoms with E-state index in [-0.39, 0.29) is 11.5 Å². The standard InChI is InChI=1S/C13H13N3O2S/c1-8(2)10-5-9(13(17)18)6-12(16-10)19-11-3-4-14-7-15-11/h3-8H,1-2H3,(H,17,18). The molecule has 0 fully saturated rings.